The van der Waals surface area contributed by atoms with Gasteiger partial charge in [-0.05, 0) is 31.5 Å². The molecule has 3 nitrogen and oxygen atoms in total. The average Bonchev–Trinajstić information content (AvgIpc) is 2.21. The maximum Gasteiger partial charge on any atom is 0.170 e. The Morgan fingerprint density at radius 3 is 2.88 bits per heavy atom. The number of halogens is 1. The van der Waals surface area contributed by atoms with Crippen molar-refractivity contribution in [1.82, 2.24) is 0 Å². The third-order valence-corrected chi connectivity index (χ3v) is 3.64. The first-order valence-corrected chi connectivity index (χ1v) is 5.88. The molecule has 1 aliphatic heterocycles. The molecule has 0 saturated carbocycles. The molecule has 0 bridgehead atoms. The number of benzene rings is 1. The normalized spacial score (nSPS) is 23.9. The van der Waals surface area contributed by atoms with Crippen LogP contribution in [0.15, 0.2) is 16.6 Å². The quantitative estimate of drug-likeness (QED) is 0.862. The van der Waals surface area contributed by atoms with E-state index in [0.717, 1.165) is 10.0 Å². The zero-order chi connectivity index (χ0) is 11.9. The largest absolute Gasteiger partial charge is 0.484 e. The van der Waals surface area contributed by atoms with Crippen molar-refractivity contribution < 1.29 is 14.6 Å². The third-order valence-electron chi connectivity index (χ3n) is 2.79. The van der Waals surface area contributed by atoms with Crippen molar-refractivity contribution in [2.45, 2.75) is 25.9 Å². The minimum atomic E-state index is -0.793. The number of aryl methyl sites for hydroxylation is 1. The summed E-state index contributed by atoms with van der Waals surface area (Å²) in [4.78, 5) is 11.9. The van der Waals surface area contributed by atoms with Crippen LogP contribution in [0.2, 0.25) is 0 Å². The first-order chi connectivity index (χ1) is 7.45. The van der Waals surface area contributed by atoms with Gasteiger partial charge < -0.3 is 9.84 Å². The summed E-state index contributed by atoms with van der Waals surface area (Å²) >= 11 is 3.40. The molecular weight excluding hydrogens is 272 g/mol. The van der Waals surface area contributed by atoms with Gasteiger partial charge in [0.05, 0.1) is 18.6 Å². The Labute approximate surface area is 103 Å². The van der Waals surface area contributed by atoms with Gasteiger partial charge in [0.1, 0.15) is 11.4 Å². The maximum atomic E-state index is 11.9. The number of rotatable bonds is 1. The predicted molar refractivity (Wildman–Crippen MR) is 63.9 cm³/mol. The number of ether oxygens (including phenoxy) is 1. The van der Waals surface area contributed by atoms with E-state index in [0.29, 0.717) is 11.3 Å². The fourth-order valence-electron chi connectivity index (χ4n) is 1.79. The zero-order valence-electron chi connectivity index (χ0n) is 9.21. The lowest BCUT2D eigenvalue weighted by Gasteiger charge is -2.33. The van der Waals surface area contributed by atoms with Crippen LogP contribution in [0.3, 0.4) is 0 Å². The van der Waals surface area contributed by atoms with Crippen molar-refractivity contribution in [2.75, 3.05) is 6.61 Å². The number of hydrogen-bond acceptors (Lipinski definition) is 3. The van der Waals surface area contributed by atoms with E-state index in [4.69, 9.17) is 4.74 Å². The van der Waals surface area contributed by atoms with E-state index in [1.807, 2.05) is 13.0 Å². The van der Waals surface area contributed by atoms with E-state index < -0.39 is 5.60 Å². The molecule has 1 aromatic rings. The van der Waals surface area contributed by atoms with E-state index in [2.05, 4.69) is 15.9 Å². The van der Waals surface area contributed by atoms with Crippen LogP contribution < -0.4 is 4.74 Å². The molecule has 0 fully saturated rings. The lowest BCUT2D eigenvalue weighted by atomic mass is 9.91. The van der Waals surface area contributed by atoms with Crippen LogP contribution in [0.25, 0.3) is 0 Å². The lowest BCUT2D eigenvalue weighted by Crippen LogP contribution is -2.42. The van der Waals surface area contributed by atoms with Crippen LogP contribution in [0.5, 0.6) is 5.75 Å². The van der Waals surface area contributed by atoms with Gasteiger partial charge in [-0.25, -0.2) is 0 Å². The van der Waals surface area contributed by atoms with Crippen molar-refractivity contribution in [2.24, 2.45) is 0 Å². The Morgan fingerprint density at radius 1 is 1.56 bits per heavy atom. The van der Waals surface area contributed by atoms with Crippen LogP contribution in [0.1, 0.15) is 29.3 Å². The molecule has 86 valence electrons. The van der Waals surface area contributed by atoms with Gasteiger partial charge in [-0.3, -0.25) is 4.79 Å². The van der Waals surface area contributed by atoms with E-state index in [1.54, 1.807) is 13.0 Å². The Bertz CT molecular complexity index is 456. The highest BCUT2D eigenvalue weighted by Gasteiger charge is 2.36. The standard InChI is InChI=1S/C12H13BrO3/c1-7-3-8-10(15)5-12(2,6-14)16-11(8)4-9(7)13/h3-4,14H,5-6H2,1-2H3. The average molecular weight is 285 g/mol. The maximum absolute atomic E-state index is 11.9. The molecule has 0 spiro atoms. The summed E-state index contributed by atoms with van der Waals surface area (Å²) in [7, 11) is 0. The number of aliphatic hydroxyl groups is 1. The molecule has 2 rings (SSSR count). The second-order valence-corrected chi connectivity index (χ2v) is 5.26. The number of Topliss-reactive ketones (excluding diaryl/α,β-unsaturated/α-hetero) is 1. The summed E-state index contributed by atoms with van der Waals surface area (Å²) in [6.45, 7) is 3.50. The number of fused-ring (bicyclic) bond motifs is 1. The fraction of sp³-hybridized carbons (Fsp3) is 0.417. The van der Waals surface area contributed by atoms with Crippen molar-refractivity contribution in [3.8, 4) is 5.75 Å². The van der Waals surface area contributed by atoms with Crippen LogP contribution in [0, 0.1) is 6.92 Å². The molecule has 0 amide bonds. The SMILES string of the molecule is Cc1cc2c(cc1Br)OC(C)(CO)CC2=O. The summed E-state index contributed by atoms with van der Waals surface area (Å²) in [5, 5.41) is 9.23. The zero-order valence-corrected chi connectivity index (χ0v) is 10.8. The van der Waals surface area contributed by atoms with Crippen molar-refractivity contribution in [3.63, 3.8) is 0 Å². The monoisotopic (exact) mass is 284 g/mol. The molecule has 16 heavy (non-hydrogen) atoms. The second-order valence-electron chi connectivity index (χ2n) is 4.41. The number of hydrogen-bond donors (Lipinski definition) is 1. The van der Waals surface area contributed by atoms with Crippen LogP contribution in [-0.2, 0) is 0 Å². The highest BCUT2D eigenvalue weighted by Crippen LogP contribution is 2.36. The van der Waals surface area contributed by atoms with Gasteiger partial charge in [-0.2, -0.15) is 0 Å². The van der Waals surface area contributed by atoms with Crippen molar-refractivity contribution in [1.29, 1.82) is 0 Å². The minimum absolute atomic E-state index is 0.0217. The molecule has 1 aromatic carbocycles. The van der Waals surface area contributed by atoms with Gasteiger partial charge in [0.25, 0.3) is 0 Å². The summed E-state index contributed by atoms with van der Waals surface area (Å²) < 4.78 is 6.58. The molecule has 1 heterocycles. The first-order valence-electron chi connectivity index (χ1n) is 5.08. The molecule has 0 radical (unpaired) electrons. The summed E-state index contributed by atoms with van der Waals surface area (Å²) in [5.74, 6) is 0.568. The van der Waals surface area contributed by atoms with Gasteiger partial charge >= 0.3 is 0 Å². The highest BCUT2D eigenvalue weighted by molar-refractivity contribution is 9.10. The Kier molecular flexibility index (Phi) is 2.80. The molecule has 1 N–H and O–H groups in total. The number of aliphatic hydroxyl groups excluding tert-OH is 1. The number of carbonyl (C=O) groups excluding carboxylic acids is 1. The van der Waals surface area contributed by atoms with Gasteiger partial charge in [-0.1, -0.05) is 15.9 Å². The molecule has 0 aromatic heterocycles. The van der Waals surface area contributed by atoms with Gasteiger partial charge in [0.2, 0.25) is 0 Å². The molecule has 0 aliphatic carbocycles. The Morgan fingerprint density at radius 2 is 2.25 bits per heavy atom. The van der Waals surface area contributed by atoms with E-state index >= 15 is 0 Å². The summed E-state index contributed by atoms with van der Waals surface area (Å²) in [6, 6.07) is 3.61. The Hall–Kier alpha value is -0.870. The van der Waals surface area contributed by atoms with Crippen LogP contribution in [-0.4, -0.2) is 23.1 Å². The molecular formula is C12H13BrO3. The second kappa shape index (κ2) is 3.86. The van der Waals surface area contributed by atoms with Crippen LogP contribution in [0.4, 0.5) is 0 Å². The van der Waals surface area contributed by atoms with E-state index in [9.17, 15) is 9.90 Å². The van der Waals surface area contributed by atoms with Crippen molar-refractivity contribution in [3.05, 3.63) is 27.7 Å². The summed E-state index contributed by atoms with van der Waals surface area (Å²) in [5.41, 5.74) is 0.814. The van der Waals surface area contributed by atoms with Gasteiger partial charge in [-0.15, -0.1) is 0 Å². The smallest absolute Gasteiger partial charge is 0.170 e. The molecule has 1 aliphatic rings. The highest BCUT2D eigenvalue weighted by atomic mass is 79.9. The van der Waals surface area contributed by atoms with E-state index in [1.165, 1.54) is 0 Å². The molecule has 4 heteroatoms. The lowest BCUT2D eigenvalue weighted by molar-refractivity contribution is 0.0108. The molecule has 1 atom stereocenters. The number of carbonyl (C=O) groups is 1. The fourth-order valence-corrected chi connectivity index (χ4v) is 2.11. The summed E-state index contributed by atoms with van der Waals surface area (Å²) in [6.07, 6.45) is 0.220. The molecule has 0 saturated heterocycles. The minimum Gasteiger partial charge on any atom is -0.484 e. The Balaban J connectivity index is 2.51. The number of ketones is 1. The predicted octanol–water partition coefficient (Wildman–Crippen LogP) is 2.47. The van der Waals surface area contributed by atoms with Gasteiger partial charge in [0, 0.05) is 4.47 Å². The molecule has 1 unspecified atom stereocenters. The van der Waals surface area contributed by atoms with Crippen molar-refractivity contribution >= 4 is 21.7 Å². The van der Waals surface area contributed by atoms with E-state index in [-0.39, 0.29) is 18.8 Å². The topological polar surface area (TPSA) is 46.5 Å². The van der Waals surface area contributed by atoms with Gasteiger partial charge in [0.15, 0.2) is 5.78 Å². The first kappa shape index (κ1) is 11.6. The third kappa shape index (κ3) is 1.87. The van der Waals surface area contributed by atoms with Crippen LogP contribution >= 0.6 is 15.9 Å².